The van der Waals surface area contributed by atoms with Crippen LogP contribution in [0.25, 0.3) is 0 Å². The van der Waals surface area contributed by atoms with Crippen LogP contribution in [0, 0.1) is 18.3 Å². The molecule has 2 aromatic rings. The highest BCUT2D eigenvalue weighted by atomic mass is 16.5. The molecule has 0 spiro atoms. The molecule has 124 valence electrons. The van der Waals surface area contributed by atoms with Gasteiger partial charge in [0.15, 0.2) is 0 Å². The van der Waals surface area contributed by atoms with Crippen molar-refractivity contribution >= 4 is 5.91 Å². The zero-order valence-corrected chi connectivity index (χ0v) is 13.7. The molecule has 2 aromatic carbocycles. The third-order valence-electron chi connectivity index (χ3n) is 3.70. The van der Waals surface area contributed by atoms with E-state index in [1.165, 1.54) is 0 Å². The highest BCUT2D eigenvalue weighted by Crippen LogP contribution is 2.25. The monoisotopic (exact) mass is 324 g/mol. The fourth-order valence-corrected chi connectivity index (χ4v) is 2.18. The lowest BCUT2D eigenvalue weighted by molar-refractivity contribution is 0.0915. The number of ether oxygens (including phenoxy) is 1. The molecule has 0 aliphatic carbocycles. The van der Waals surface area contributed by atoms with E-state index >= 15 is 0 Å². The second-order valence-corrected chi connectivity index (χ2v) is 5.48. The number of aliphatic hydroxyl groups excluding tert-OH is 1. The Kier molecular flexibility index (Phi) is 5.94. The van der Waals surface area contributed by atoms with Crippen molar-refractivity contribution in [2.24, 2.45) is 0 Å². The van der Waals surface area contributed by atoms with E-state index in [4.69, 9.17) is 15.1 Å². The molecule has 0 saturated carbocycles. The van der Waals surface area contributed by atoms with E-state index in [1.54, 1.807) is 42.5 Å². The molecule has 1 amide bonds. The molecule has 2 rings (SSSR count). The van der Waals surface area contributed by atoms with E-state index in [-0.39, 0.29) is 18.6 Å². The van der Waals surface area contributed by atoms with Gasteiger partial charge in [-0.05, 0) is 61.4 Å². The average Bonchev–Trinajstić information content (AvgIpc) is 2.61. The summed E-state index contributed by atoms with van der Waals surface area (Å²) in [5.74, 6) is 1.04. The number of amides is 1. The van der Waals surface area contributed by atoms with Gasteiger partial charge in [0.25, 0.3) is 5.91 Å². The molecular weight excluding hydrogens is 304 g/mol. The summed E-state index contributed by atoms with van der Waals surface area (Å²) in [6, 6.07) is 13.8. The highest BCUT2D eigenvalue weighted by Gasteiger charge is 2.11. The third-order valence-corrected chi connectivity index (χ3v) is 3.70. The van der Waals surface area contributed by atoms with Crippen LogP contribution in [-0.4, -0.2) is 23.7 Å². The van der Waals surface area contributed by atoms with Gasteiger partial charge in [-0.1, -0.05) is 6.92 Å². The fraction of sp³-hybridized carbons (Fsp3) is 0.263. The van der Waals surface area contributed by atoms with Gasteiger partial charge in [0.1, 0.15) is 11.5 Å². The molecule has 0 heterocycles. The molecule has 0 aliphatic rings. The Bertz CT molecular complexity index is 744. The standard InChI is InChI=1S/C19H20N2O3/c1-3-16(12-22)21-19(23)15-5-7-17(8-6-15)24-18-9-4-14(11-20)10-13(18)2/h4-10,16,22H,3,12H2,1-2H3,(H,21,23). The van der Waals surface area contributed by atoms with Gasteiger partial charge in [-0.3, -0.25) is 4.79 Å². The van der Waals surface area contributed by atoms with Crippen molar-refractivity contribution in [1.29, 1.82) is 5.26 Å². The maximum absolute atomic E-state index is 12.1. The van der Waals surface area contributed by atoms with E-state index in [1.807, 2.05) is 13.8 Å². The number of nitrogens with one attached hydrogen (secondary N) is 1. The maximum atomic E-state index is 12.1. The Balaban J connectivity index is 2.07. The Hall–Kier alpha value is -2.84. The number of rotatable bonds is 6. The second-order valence-electron chi connectivity index (χ2n) is 5.48. The Morgan fingerprint density at radius 2 is 2.00 bits per heavy atom. The predicted molar refractivity (Wildman–Crippen MR) is 91.0 cm³/mol. The minimum Gasteiger partial charge on any atom is -0.457 e. The molecule has 0 aromatic heterocycles. The van der Waals surface area contributed by atoms with Crippen LogP contribution >= 0.6 is 0 Å². The summed E-state index contributed by atoms with van der Waals surface area (Å²) in [7, 11) is 0. The number of nitrogens with zero attached hydrogens (tertiary/aromatic N) is 1. The van der Waals surface area contributed by atoms with E-state index in [9.17, 15) is 4.79 Å². The largest absolute Gasteiger partial charge is 0.457 e. The summed E-state index contributed by atoms with van der Waals surface area (Å²) in [5.41, 5.74) is 1.96. The molecule has 2 N–H and O–H groups in total. The zero-order valence-electron chi connectivity index (χ0n) is 13.7. The number of benzene rings is 2. The first-order valence-electron chi connectivity index (χ1n) is 7.77. The van der Waals surface area contributed by atoms with E-state index in [0.717, 1.165) is 5.56 Å². The van der Waals surface area contributed by atoms with E-state index < -0.39 is 0 Å². The number of aryl methyl sites for hydroxylation is 1. The van der Waals surface area contributed by atoms with Crippen molar-refractivity contribution in [1.82, 2.24) is 5.32 Å². The molecule has 24 heavy (non-hydrogen) atoms. The number of hydrogen-bond donors (Lipinski definition) is 2. The molecule has 5 nitrogen and oxygen atoms in total. The van der Waals surface area contributed by atoms with Crippen LogP contribution in [0.15, 0.2) is 42.5 Å². The summed E-state index contributed by atoms with van der Waals surface area (Å²) in [5, 5.41) is 20.8. The Morgan fingerprint density at radius 1 is 1.29 bits per heavy atom. The van der Waals surface area contributed by atoms with Crippen molar-refractivity contribution in [3.05, 3.63) is 59.2 Å². The summed E-state index contributed by atoms with van der Waals surface area (Å²) in [6.45, 7) is 3.69. The van der Waals surface area contributed by atoms with Gasteiger partial charge in [-0.2, -0.15) is 5.26 Å². The van der Waals surface area contributed by atoms with E-state index in [0.29, 0.717) is 29.0 Å². The predicted octanol–water partition coefficient (Wildman–Crippen LogP) is 3.16. The molecule has 0 radical (unpaired) electrons. The van der Waals surface area contributed by atoms with Crippen molar-refractivity contribution in [3.8, 4) is 17.6 Å². The number of aliphatic hydroxyl groups is 1. The number of nitriles is 1. The van der Waals surface area contributed by atoms with Crippen molar-refractivity contribution in [2.75, 3.05) is 6.61 Å². The number of carbonyl (C=O) groups excluding carboxylic acids is 1. The summed E-state index contributed by atoms with van der Waals surface area (Å²) in [4.78, 5) is 12.1. The van der Waals surface area contributed by atoms with Crippen LogP contribution in [0.4, 0.5) is 0 Å². The quantitative estimate of drug-likeness (QED) is 0.855. The van der Waals surface area contributed by atoms with Crippen LogP contribution in [0.2, 0.25) is 0 Å². The molecule has 0 bridgehead atoms. The maximum Gasteiger partial charge on any atom is 0.251 e. The van der Waals surface area contributed by atoms with Crippen molar-refractivity contribution in [2.45, 2.75) is 26.3 Å². The van der Waals surface area contributed by atoms with Gasteiger partial charge in [0.05, 0.1) is 24.3 Å². The molecule has 1 unspecified atom stereocenters. The lowest BCUT2D eigenvalue weighted by atomic mass is 10.1. The molecule has 1 atom stereocenters. The summed E-state index contributed by atoms with van der Waals surface area (Å²) in [6.07, 6.45) is 0.668. The van der Waals surface area contributed by atoms with Crippen LogP contribution in [-0.2, 0) is 0 Å². The third kappa shape index (κ3) is 4.34. The topological polar surface area (TPSA) is 82.3 Å². The molecular formula is C19H20N2O3. The first-order valence-corrected chi connectivity index (χ1v) is 7.77. The second kappa shape index (κ2) is 8.14. The van der Waals surface area contributed by atoms with Crippen LogP contribution in [0.1, 0.15) is 34.8 Å². The molecule has 0 fully saturated rings. The first kappa shape index (κ1) is 17.5. The lowest BCUT2D eigenvalue weighted by Crippen LogP contribution is -2.36. The van der Waals surface area contributed by atoms with Crippen molar-refractivity contribution < 1.29 is 14.6 Å². The molecule has 0 saturated heterocycles. The highest BCUT2D eigenvalue weighted by molar-refractivity contribution is 5.94. The minimum absolute atomic E-state index is 0.0819. The summed E-state index contributed by atoms with van der Waals surface area (Å²) >= 11 is 0. The average molecular weight is 324 g/mol. The van der Waals surface area contributed by atoms with Gasteiger partial charge < -0.3 is 15.2 Å². The van der Waals surface area contributed by atoms with Gasteiger partial charge in [0.2, 0.25) is 0 Å². The lowest BCUT2D eigenvalue weighted by Gasteiger charge is -2.14. The molecule has 0 aliphatic heterocycles. The first-order chi connectivity index (χ1) is 11.6. The van der Waals surface area contributed by atoms with Crippen LogP contribution in [0.3, 0.4) is 0 Å². The number of carbonyl (C=O) groups is 1. The normalized spacial score (nSPS) is 11.4. The fourth-order valence-electron chi connectivity index (χ4n) is 2.18. The number of hydrogen-bond acceptors (Lipinski definition) is 4. The Labute approximate surface area is 141 Å². The van der Waals surface area contributed by atoms with Gasteiger partial charge >= 0.3 is 0 Å². The van der Waals surface area contributed by atoms with Crippen LogP contribution in [0.5, 0.6) is 11.5 Å². The Morgan fingerprint density at radius 3 is 2.54 bits per heavy atom. The van der Waals surface area contributed by atoms with Gasteiger partial charge in [-0.25, -0.2) is 0 Å². The van der Waals surface area contributed by atoms with Gasteiger partial charge in [-0.15, -0.1) is 0 Å². The molecule has 5 heteroatoms. The minimum atomic E-state index is -0.241. The van der Waals surface area contributed by atoms with Gasteiger partial charge in [0, 0.05) is 5.56 Å². The smallest absolute Gasteiger partial charge is 0.251 e. The zero-order chi connectivity index (χ0) is 17.5. The van der Waals surface area contributed by atoms with E-state index in [2.05, 4.69) is 11.4 Å². The van der Waals surface area contributed by atoms with Crippen molar-refractivity contribution in [3.63, 3.8) is 0 Å². The van der Waals surface area contributed by atoms with Crippen LogP contribution < -0.4 is 10.1 Å². The SMILES string of the molecule is CCC(CO)NC(=O)c1ccc(Oc2ccc(C#N)cc2C)cc1. The summed E-state index contributed by atoms with van der Waals surface area (Å²) < 4.78 is 5.79.